The number of nitrogens with zero attached hydrogens (tertiary/aromatic N) is 2. The van der Waals surface area contributed by atoms with Gasteiger partial charge in [0.1, 0.15) is 5.82 Å². The Balaban J connectivity index is 2.10. The minimum atomic E-state index is -0.00627. The molecule has 0 spiro atoms. The Morgan fingerprint density at radius 3 is 2.36 bits per heavy atom. The smallest absolute Gasteiger partial charge is 0.232 e. The van der Waals surface area contributed by atoms with Crippen molar-refractivity contribution in [3.8, 4) is 0 Å². The molecule has 1 N–H and O–H groups in total. The quantitative estimate of drug-likeness (QED) is 0.731. The topological polar surface area (TPSA) is 54.3 Å². The van der Waals surface area contributed by atoms with Crippen LogP contribution in [0.3, 0.4) is 0 Å². The van der Waals surface area contributed by atoms with Crippen molar-refractivity contribution in [3.05, 3.63) is 48.5 Å². The second kappa shape index (κ2) is 5.77. The molecule has 5 nitrogen and oxygen atoms in total. The number of anilines is 4. The zero-order valence-corrected chi connectivity index (χ0v) is 14.2. The van der Waals surface area contributed by atoms with Crippen molar-refractivity contribution in [2.24, 2.45) is 0 Å². The number of fused-ring (bicyclic) bond motifs is 4. The second-order valence-corrected chi connectivity index (χ2v) is 6.02. The summed E-state index contributed by atoms with van der Waals surface area (Å²) in [7, 11) is 0. The maximum absolute atomic E-state index is 12.8. The highest BCUT2D eigenvalue weighted by molar-refractivity contribution is 6.19. The highest BCUT2D eigenvalue weighted by Crippen LogP contribution is 2.49. The van der Waals surface area contributed by atoms with Gasteiger partial charge in [-0.15, -0.1) is 0 Å². The summed E-state index contributed by atoms with van der Waals surface area (Å²) in [6.45, 7) is 3.69. The van der Waals surface area contributed by atoms with E-state index in [1.807, 2.05) is 62.4 Å². The fourth-order valence-electron chi connectivity index (χ4n) is 3.42. The van der Waals surface area contributed by atoms with Crippen molar-refractivity contribution in [3.63, 3.8) is 0 Å². The van der Waals surface area contributed by atoms with Gasteiger partial charge < -0.3 is 5.32 Å². The predicted molar refractivity (Wildman–Crippen MR) is 100 cm³/mol. The van der Waals surface area contributed by atoms with Crippen LogP contribution in [0.25, 0.3) is 10.9 Å². The van der Waals surface area contributed by atoms with Crippen LogP contribution < -0.4 is 10.2 Å². The Morgan fingerprint density at radius 2 is 1.60 bits per heavy atom. The first-order chi connectivity index (χ1) is 12.2. The number of benzene rings is 2. The highest BCUT2D eigenvalue weighted by atomic mass is 16.2. The van der Waals surface area contributed by atoms with E-state index in [1.165, 1.54) is 0 Å². The van der Waals surface area contributed by atoms with E-state index in [9.17, 15) is 9.59 Å². The largest absolute Gasteiger partial charge is 0.338 e. The van der Waals surface area contributed by atoms with Crippen molar-refractivity contribution in [2.75, 3.05) is 10.2 Å². The minimum absolute atomic E-state index is 0.00190. The Hall–Kier alpha value is -3.08. The first kappa shape index (κ1) is 15.4. The SMILES string of the molecule is CCC(=O)N1c2ccccc2Nc2c1c1ccccc1n2C(=O)CC. The number of para-hydroxylation sites is 3. The maximum Gasteiger partial charge on any atom is 0.232 e. The van der Waals surface area contributed by atoms with Gasteiger partial charge >= 0.3 is 0 Å². The number of carbonyl (C=O) groups excluding carboxylic acids is 2. The van der Waals surface area contributed by atoms with Gasteiger partial charge in [-0.3, -0.25) is 19.1 Å². The summed E-state index contributed by atoms with van der Waals surface area (Å²) in [5.74, 6) is 0.656. The summed E-state index contributed by atoms with van der Waals surface area (Å²) in [5, 5.41) is 4.26. The van der Waals surface area contributed by atoms with Gasteiger partial charge in [-0.05, 0) is 18.2 Å². The molecule has 0 fully saturated rings. The average molecular weight is 333 g/mol. The van der Waals surface area contributed by atoms with E-state index < -0.39 is 0 Å². The lowest BCUT2D eigenvalue weighted by atomic mass is 10.1. The monoisotopic (exact) mass is 333 g/mol. The first-order valence-corrected chi connectivity index (χ1v) is 8.53. The van der Waals surface area contributed by atoms with Crippen molar-refractivity contribution in [1.82, 2.24) is 4.57 Å². The third-order valence-electron chi connectivity index (χ3n) is 4.57. The van der Waals surface area contributed by atoms with E-state index in [1.54, 1.807) is 9.47 Å². The molecule has 0 radical (unpaired) electrons. The number of amides is 1. The van der Waals surface area contributed by atoms with Gasteiger partial charge in [-0.1, -0.05) is 44.2 Å². The van der Waals surface area contributed by atoms with Crippen LogP contribution in [0.5, 0.6) is 0 Å². The van der Waals surface area contributed by atoms with Crippen LogP contribution in [0.4, 0.5) is 22.9 Å². The van der Waals surface area contributed by atoms with Crippen molar-refractivity contribution >= 4 is 45.6 Å². The Kier molecular flexibility index (Phi) is 3.57. The molecular weight excluding hydrogens is 314 g/mol. The van der Waals surface area contributed by atoms with Crippen LogP contribution >= 0.6 is 0 Å². The molecule has 2 heterocycles. The van der Waals surface area contributed by atoms with Crippen LogP contribution in [0.15, 0.2) is 48.5 Å². The van der Waals surface area contributed by atoms with E-state index in [2.05, 4.69) is 5.32 Å². The lowest BCUT2D eigenvalue weighted by Gasteiger charge is -2.31. The molecule has 0 unspecified atom stereocenters. The van der Waals surface area contributed by atoms with E-state index in [0.717, 1.165) is 28.0 Å². The molecule has 0 bridgehead atoms. The fourth-order valence-corrected chi connectivity index (χ4v) is 3.42. The average Bonchev–Trinajstić information content (AvgIpc) is 2.98. The molecule has 126 valence electrons. The van der Waals surface area contributed by atoms with Crippen LogP contribution in [0, 0.1) is 0 Å². The second-order valence-electron chi connectivity index (χ2n) is 6.02. The van der Waals surface area contributed by atoms with Gasteiger partial charge in [0.25, 0.3) is 0 Å². The summed E-state index contributed by atoms with van der Waals surface area (Å²) in [4.78, 5) is 27.2. The summed E-state index contributed by atoms with van der Waals surface area (Å²) < 4.78 is 1.69. The standard InChI is InChI=1S/C20H19N3O2/c1-3-17(24)22-16-12-8-6-10-14(16)21-20-19(22)13-9-5-7-11-15(13)23(20)18(25)4-2/h5-12,21H,3-4H2,1-2H3. The molecule has 4 rings (SSSR count). The minimum Gasteiger partial charge on any atom is -0.338 e. The van der Waals surface area contributed by atoms with E-state index in [-0.39, 0.29) is 11.8 Å². The molecule has 1 aromatic heterocycles. The Morgan fingerprint density at radius 1 is 0.920 bits per heavy atom. The number of rotatable bonds is 2. The van der Waals surface area contributed by atoms with Crippen LogP contribution in [0.2, 0.25) is 0 Å². The molecule has 0 saturated carbocycles. The molecule has 0 aliphatic carbocycles. The molecule has 1 aliphatic rings. The number of aromatic nitrogens is 1. The molecule has 1 amide bonds. The normalized spacial score (nSPS) is 12.5. The van der Waals surface area contributed by atoms with Crippen molar-refractivity contribution < 1.29 is 9.59 Å². The fraction of sp³-hybridized carbons (Fsp3) is 0.200. The number of hydrogen-bond acceptors (Lipinski definition) is 3. The number of nitrogens with one attached hydrogen (secondary N) is 1. The van der Waals surface area contributed by atoms with E-state index in [4.69, 9.17) is 0 Å². The van der Waals surface area contributed by atoms with E-state index >= 15 is 0 Å². The first-order valence-electron chi connectivity index (χ1n) is 8.53. The molecule has 1 aliphatic heterocycles. The Bertz CT molecular complexity index is 1000. The molecule has 25 heavy (non-hydrogen) atoms. The third-order valence-corrected chi connectivity index (χ3v) is 4.57. The summed E-state index contributed by atoms with van der Waals surface area (Å²) in [6, 6.07) is 15.4. The zero-order valence-electron chi connectivity index (χ0n) is 14.2. The highest BCUT2D eigenvalue weighted by Gasteiger charge is 2.33. The molecule has 5 heteroatoms. The summed E-state index contributed by atoms with van der Waals surface area (Å²) in [6.07, 6.45) is 0.769. The molecular formula is C20H19N3O2. The van der Waals surface area contributed by atoms with Gasteiger partial charge in [0.2, 0.25) is 11.8 Å². The predicted octanol–water partition coefficient (Wildman–Crippen LogP) is 4.82. The van der Waals surface area contributed by atoms with Crippen LogP contribution in [0.1, 0.15) is 31.5 Å². The van der Waals surface area contributed by atoms with E-state index in [0.29, 0.717) is 18.7 Å². The Labute approximate surface area is 145 Å². The van der Waals surface area contributed by atoms with Crippen LogP contribution in [-0.4, -0.2) is 16.4 Å². The molecule has 0 atom stereocenters. The molecule has 0 saturated heterocycles. The van der Waals surface area contributed by atoms with Gasteiger partial charge in [0, 0.05) is 18.2 Å². The molecule has 2 aromatic carbocycles. The zero-order chi connectivity index (χ0) is 17.6. The number of carbonyl (C=O) groups is 2. The lowest BCUT2D eigenvalue weighted by molar-refractivity contribution is -0.117. The van der Waals surface area contributed by atoms with Crippen molar-refractivity contribution in [1.29, 1.82) is 0 Å². The van der Waals surface area contributed by atoms with Crippen LogP contribution in [-0.2, 0) is 4.79 Å². The van der Waals surface area contributed by atoms with Gasteiger partial charge in [-0.2, -0.15) is 0 Å². The van der Waals surface area contributed by atoms with Gasteiger partial charge in [0.15, 0.2) is 0 Å². The van der Waals surface area contributed by atoms with Crippen molar-refractivity contribution in [2.45, 2.75) is 26.7 Å². The third kappa shape index (κ3) is 2.16. The summed E-state index contributed by atoms with van der Waals surface area (Å²) in [5.41, 5.74) is 3.20. The number of hydrogen-bond donors (Lipinski definition) is 1. The van der Waals surface area contributed by atoms with Gasteiger partial charge in [0.05, 0.1) is 22.6 Å². The summed E-state index contributed by atoms with van der Waals surface area (Å²) >= 11 is 0. The molecule has 3 aromatic rings. The lowest BCUT2D eigenvalue weighted by Crippen LogP contribution is -2.29. The maximum atomic E-state index is 12.8. The van der Waals surface area contributed by atoms with Gasteiger partial charge in [-0.25, -0.2) is 0 Å².